The highest BCUT2D eigenvalue weighted by Crippen LogP contribution is 2.34. The number of nitrogens with one attached hydrogen (secondary N) is 2. The Bertz CT molecular complexity index is 986. The molecule has 3 aromatic rings. The summed E-state index contributed by atoms with van der Waals surface area (Å²) < 4.78 is 12.3. The van der Waals surface area contributed by atoms with Gasteiger partial charge >= 0.3 is 0 Å². The fourth-order valence-electron chi connectivity index (χ4n) is 2.94. The highest BCUT2D eigenvalue weighted by Gasteiger charge is 2.25. The van der Waals surface area contributed by atoms with E-state index >= 15 is 0 Å². The van der Waals surface area contributed by atoms with Crippen molar-refractivity contribution >= 4 is 29.4 Å². The quantitative estimate of drug-likeness (QED) is 0.590. The Morgan fingerprint density at radius 2 is 2.00 bits per heavy atom. The molecule has 3 heterocycles. The number of amides is 2. The fraction of sp³-hybridized carbons (Fsp3) is 0.250. The van der Waals surface area contributed by atoms with E-state index in [9.17, 15) is 9.59 Å². The maximum absolute atomic E-state index is 12.4. The van der Waals surface area contributed by atoms with E-state index in [1.807, 2.05) is 18.2 Å². The second-order valence-electron chi connectivity index (χ2n) is 6.43. The number of aromatic nitrogens is 2. The van der Waals surface area contributed by atoms with Crippen molar-refractivity contribution < 1.29 is 18.7 Å². The molecule has 0 atom stereocenters. The minimum absolute atomic E-state index is 0.00747. The summed E-state index contributed by atoms with van der Waals surface area (Å²) in [5.74, 6) is 2.84. The summed E-state index contributed by atoms with van der Waals surface area (Å²) in [7, 11) is 0. The third-order valence-corrected chi connectivity index (χ3v) is 5.29. The summed E-state index contributed by atoms with van der Waals surface area (Å²) in [6.45, 7) is 0.185. The molecule has 0 bridgehead atoms. The SMILES string of the molecule is O=C(Cn1nc2c(c1NC(=O)COc1ccccc1)CSC2)NCc1ccco1. The van der Waals surface area contributed by atoms with Crippen LogP contribution in [-0.4, -0.2) is 28.2 Å². The smallest absolute Gasteiger partial charge is 0.263 e. The van der Waals surface area contributed by atoms with Gasteiger partial charge in [-0.15, -0.1) is 0 Å². The van der Waals surface area contributed by atoms with Crippen LogP contribution in [0.1, 0.15) is 17.0 Å². The van der Waals surface area contributed by atoms with Crippen molar-refractivity contribution in [2.45, 2.75) is 24.6 Å². The topological polar surface area (TPSA) is 98.4 Å². The van der Waals surface area contributed by atoms with Crippen LogP contribution in [0.15, 0.2) is 53.1 Å². The number of para-hydroxylation sites is 1. The number of nitrogens with zero attached hydrogens (tertiary/aromatic N) is 2. The molecule has 0 saturated heterocycles. The number of fused-ring (bicyclic) bond motifs is 1. The van der Waals surface area contributed by atoms with Gasteiger partial charge in [0.2, 0.25) is 5.91 Å². The number of ether oxygens (including phenoxy) is 1. The maximum Gasteiger partial charge on any atom is 0.263 e. The van der Waals surface area contributed by atoms with Crippen LogP contribution in [-0.2, 0) is 34.2 Å². The van der Waals surface area contributed by atoms with Crippen molar-refractivity contribution in [1.82, 2.24) is 15.1 Å². The van der Waals surface area contributed by atoms with Crippen molar-refractivity contribution in [3.05, 3.63) is 65.7 Å². The van der Waals surface area contributed by atoms with Gasteiger partial charge in [-0.3, -0.25) is 9.59 Å². The third-order valence-electron chi connectivity index (χ3n) is 4.32. The molecule has 4 rings (SSSR count). The van der Waals surface area contributed by atoms with Crippen molar-refractivity contribution in [2.75, 3.05) is 11.9 Å². The number of hydrogen-bond acceptors (Lipinski definition) is 6. The number of benzene rings is 1. The van der Waals surface area contributed by atoms with Gasteiger partial charge in [-0.1, -0.05) is 18.2 Å². The van der Waals surface area contributed by atoms with E-state index in [-0.39, 0.29) is 25.0 Å². The molecule has 1 aliphatic heterocycles. The lowest BCUT2D eigenvalue weighted by Crippen LogP contribution is -2.29. The van der Waals surface area contributed by atoms with Crippen LogP contribution >= 0.6 is 11.8 Å². The van der Waals surface area contributed by atoms with E-state index in [4.69, 9.17) is 9.15 Å². The average Bonchev–Trinajstić information content (AvgIpc) is 3.46. The average molecular weight is 412 g/mol. The summed E-state index contributed by atoms with van der Waals surface area (Å²) in [4.78, 5) is 24.7. The molecular formula is C20H20N4O4S. The molecule has 1 aliphatic rings. The van der Waals surface area contributed by atoms with E-state index < -0.39 is 0 Å². The molecular weight excluding hydrogens is 392 g/mol. The van der Waals surface area contributed by atoms with E-state index in [0.717, 1.165) is 22.8 Å². The first-order valence-corrected chi connectivity index (χ1v) is 10.3. The van der Waals surface area contributed by atoms with Crippen molar-refractivity contribution in [3.63, 3.8) is 0 Å². The molecule has 1 aromatic carbocycles. The zero-order valence-electron chi connectivity index (χ0n) is 15.6. The lowest BCUT2D eigenvalue weighted by molar-refractivity contribution is -0.122. The molecule has 0 fully saturated rings. The monoisotopic (exact) mass is 412 g/mol. The molecule has 0 radical (unpaired) electrons. The Labute approximate surface area is 171 Å². The van der Waals surface area contributed by atoms with Gasteiger partial charge in [0.05, 0.1) is 18.5 Å². The molecule has 0 spiro atoms. The molecule has 0 saturated carbocycles. The summed E-state index contributed by atoms with van der Waals surface area (Å²) in [5.41, 5.74) is 1.86. The zero-order valence-corrected chi connectivity index (χ0v) is 16.4. The predicted octanol–water partition coefficient (Wildman–Crippen LogP) is 2.56. The summed E-state index contributed by atoms with van der Waals surface area (Å²) in [6.07, 6.45) is 1.56. The van der Waals surface area contributed by atoms with Crippen LogP contribution in [0.3, 0.4) is 0 Å². The molecule has 2 N–H and O–H groups in total. The molecule has 9 heteroatoms. The second kappa shape index (κ2) is 8.87. The number of thioether (sulfide) groups is 1. The lowest BCUT2D eigenvalue weighted by Gasteiger charge is -2.11. The fourth-order valence-corrected chi connectivity index (χ4v) is 3.98. The number of anilines is 1. The largest absolute Gasteiger partial charge is 0.484 e. The first kappa shape index (κ1) is 19.1. The van der Waals surface area contributed by atoms with Gasteiger partial charge in [-0.25, -0.2) is 4.68 Å². The Kier molecular flexibility index (Phi) is 5.85. The van der Waals surface area contributed by atoms with Gasteiger partial charge in [-0.05, 0) is 24.3 Å². The zero-order chi connectivity index (χ0) is 20.1. The minimum atomic E-state index is -0.300. The van der Waals surface area contributed by atoms with E-state index in [2.05, 4.69) is 15.7 Å². The first-order valence-electron chi connectivity index (χ1n) is 9.12. The Hall–Kier alpha value is -3.20. The van der Waals surface area contributed by atoms with Gasteiger partial charge in [0, 0.05) is 17.1 Å². The Morgan fingerprint density at radius 1 is 1.14 bits per heavy atom. The molecule has 8 nitrogen and oxygen atoms in total. The van der Waals surface area contributed by atoms with Crippen LogP contribution in [0.5, 0.6) is 5.75 Å². The van der Waals surface area contributed by atoms with Gasteiger partial charge in [-0.2, -0.15) is 16.9 Å². The van der Waals surface area contributed by atoms with Crippen LogP contribution in [0, 0.1) is 0 Å². The van der Waals surface area contributed by atoms with Crippen LogP contribution in [0.4, 0.5) is 5.82 Å². The second-order valence-corrected chi connectivity index (χ2v) is 7.42. The molecule has 0 unspecified atom stereocenters. The van der Waals surface area contributed by atoms with Crippen LogP contribution in [0.25, 0.3) is 0 Å². The van der Waals surface area contributed by atoms with Crippen molar-refractivity contribution in [1.29, 1.82) is 0 Å². The Morgan fingerprint density at radius 3 is 2.79 bits per heavy atom. The van der Waals surface area contributed by atoms with E-state index in [1.54, 1.807) is 47.0 Å². The number of hydrogen-bond donors (Lipinski definition) is 2. The molecule has 2 amide bonds. The minimum Gasteiger partial charge on any atom is -0.484 e. The van der Waals surface area contributed by atoms with E-state index in [1.165, 1.54) is 0 Å². The summed E-state index contributed by atoms with van der Waals surface area (Å²) >= 11 is 1.73. The van der Waals surface area contributed by atoms with Gasteiger partial charge in [0.25, 0.3) is 5.91 Å². The molecule has 0 aliphatic carbocycles. The number of carbonyl (C=O) groups excluding carboxylic acids is 2. The third kappa shape index (κ3) is 4.80. The number of carbonyl (C=O) groups is 2. The summed E-state index contributed by atoms with van der Waals surface area (Å²) in [6, 6.07) is 12.7. The van der Waals surface area contributed by atoms with Gasteiger partial charge in [0.15, 0.2) is 6.61 Å². The van der Waals surface area contributed by atoms with E-state index in [0.29, 0.717) is 23.9 Å². The molecule has 29 heavy (non-hydrogen) atoms. The van der Waals surface area contributed by atoms with Crippen molar-refractivity contribution in [3.8, 4) is 5.75 Å². The molecule has 150 valence electrons. The predicted molar refractivity (Wildman–Crippen MR) is 108 cm³/mol. The number of rotatable bonds is 8. The van der Waals surface area contributed by atoms with Crippen LogP contribution < -0.4 is 15.4 Å². The van der Waals surface area contributed by atoms with Gasteiger partial charge < -0.3 is 19.8 Å². The first-order chi connectivity index (χ1) is 14.2. The standard InChI is InChI=1S/C20H20N4O4S/c25-18(21-9-15-7-4-8-27-15)10-24-20(16-12-29-13-17(16)23-24)22-19(26)11-28-14-5-2-1-3-6-14/h1-8H,9-13H2,(H,21,25)(H,22,26). The highest BCUT2D eigenvalue weighted by atomic mass is 32.2. The summed E-state index contributed by atoms with van der Waals surface area (Å²) in [5, 5.41) is 10.2. The van der Waals surface area contributed by atoms with Crippen molar-refractivity contribution in [2.24, 2.45) is 0 Å². The molecule has 2 aromatic heterocycles. The Balaban J connectivity index is 1.39. The van der Waals surface area contributed by atoms with Gasteiger partial charge in [0.1, 0.15) is 23.9 Å². The lowest BCUT2D eigenvalue weighted by atomic mass is 10.3. The number of furan rings is 1. The maximum atomic E-state index is 12.4. The highest BCUT2D eigenvalue weighted by molar-refractivity contribution is 7.98. The normalized spacial score (nSPS) is 12.4. The van der Waals surface area contributed by atoms with Crippen LogP contribution in [0.2, 0.25) is 0 Å².